The number of benzene rings is 2. The molecule has 3 aromatic rings. The highest BCUT2D eigenvalue weighted by Crippen LogP contribution is 2.17. The Morgan fingerprint density at radius 1 is 1.04 bits per heavy atom. The molecule has 2 N–H and O–H groups in total. The Morgan fingerprint density at radius 2 is 1.77 bits per heavy atom. The van der Waals surface area contributed by atoms with E-state index >= 15 is 0 Å². The van der Waals surface area contributed by atoms with Crippen molar-refractivity contribution in [2.24, 2.45) is 0 Å². The highest BCUT2D eigenvalue weighted by molar-refractivity contribution is 7.14. The summed E-state index contributed by atoms with van der Waals surface area (Å²) < 4.78 is 5.10. The van der Waals surface area contributed by atoms with E-state index in [4.69, 9.17) is 4.74 Å². The van der Waals surface area contributed by atoms with Gasteiger partial charge in [-0.2, -0.15) is 0 Å². The van der Waals surface area contributed by atoms with Crippen LogP contribution in [0.3, 0.4) is 0 Å². The van der Waals surface area contributed by atoms with Crippen LogP contribution >= 0.6 is 11.3 Å². The Kier molecular flexibility index (Phi) is 5.60. The SMILES string of the molecule is COc1ccc(CNC(=O)c2csc(NC(=O)c3ccccc3)n2)cc1. The Bertz CT molecular complexity index is 892. The molecule has 6 nitrogen and oxygen atoms in total. The van der Waals surface area contributed by atoms with Crippen LogP contribution in [-0.2, 0) is 6.54 Å². The molecule has 0 aliphatic carbocycles. The van der Waals surface area contributed by atoms with Gasteiger partial charge in [-0.05, 0) is 29.8 Å². The molecule has 0 atom stereocenters. The topological polar surface area (TPSA) is 80.3 Å². The lowest BCUT2D eigenvalue weighted by Gasteiger charge is -2.05. The van der Waals surface area contributed by atoms with Gasteiger partial charge in [-0.25, -0.2) is 4.98 Å². The minimum atomic E-state index is -0.294. The molecule has 0 bridgehead atoms. The van der Waals surface area contributed by atoms with E-state index in [0.29, 0.717) is 17.2 Å². The molecule has 2 amide bonds. The second kappa shape index (κ2) is 8.26. The van der Waals surface area contributed by atoms with Gasteiger partial charge in [0.15, 0.2) is 5.13 Å². The van der Waals surface area contributed by atoms with Crippen molar-refractivity contribution in [3.05, 3.63) is 76.8 Å². The second-order valence-corrected chi connectivity index (χ2v) is 6.25. The molecule has 0 radical (unpaired) electrons. The summed E-state index contributed by atoms with van der Waals surface area (Å²) >= 11 is 1.21. The number of aromatic nitrogens is 1. The summed E-state index contributed by atoms with van der Waals surface area (Å²) in [5, 5.41) is 7.50. The van der Waals surface area contributed by atoms with Crippen LogP contribution in [0.25, 0.3) is 0 Å². The highest BCUT2D eigenvalue weighted by atomic mass is 32.1. The minimum absolute atomic E-state index is 0.259. The normalized spacial score (nSPS) is 10.2. The fourth-order valence-corrected chi connectivity index (χ4v) is 2.90. The van der Waals surface area contributed by atoms with Crippen molar-refractivity contribution in [3.8, 4) is 5.75 Å². The van der Waals surface area contributed by atoms with Crippen molar-refractivity contribution in [2.45, 2.75) is 6.54 Å². The lowest BCUT2D eigenvalue weighted by molar-refractivity contribution is 0.0945. The first kappa shape index (κ1) is 17.6. The van der Waals surface area contributed by atoms with Gasteiger partial charge in [0.05, 0.1) is 7.11 Å². The van der Waals surface area contributed by atoms with Crippen molar-refractivity contribution in [1.29, 1.82) is 0 Å². The molecule has 132 valence electrons. The van der Waals surface area contributed by atoms with E-state index in [-0.39, 0.29) is 17.5 Å². The molecule has 7 heteroatoms. The summed E-state index contributed by atoms with van der Waals surface area (Å²) in [6.07, 6.45) is 0. The fourth-order valence-electron chi connectivity index (χ4n) is 2.21. The number of rotatable bonds is 6. The number of hydrogen-bond acceptors (Lipinski definition) is 5. The summed E-state index contributed by atoms with van der Waals surface area (Å²) in [6.45, 7) is 0.381. The van der Waals surface area contributed by atoms with Gasteiger partial charge in [-0.3, -0.25) is 14.9 Å². The molecule has 0 saturated carbocycles. The van der Waals surface area contributed by atoms with Crippen molar-refractivity contribution >= 4 is 28.3 Å². The molecule has 0 fully saturated rings. The number of nitrogens with zero attached hydrogens (tertiary/aromatic N) is 1. The van der Waals surface area contributed by atoms with E-state index in [9.17, 15) is 9.59 Å². The standard InChI is InChI=1S/C19H17N3O3S/c1-25-15-9-7-13(8-10-15)11-20-18(24)16-12-26-19(21-16)22-17(23)14-5-3-2-4-6-14/h2-10,12H,11H2,1H3,(H,20,24)(H,21,22,23). The monoisotopic (exact) mass is 367 g/mol. The third-order valence-corrected chi connectivity index (χ3v) is 4.36. The maximum absolute atomic E-state index is 12.2. The van der Waals surface area contributed by atoms with Crippen molar-refractivity contribution < 1.29 is 14.3 Å². The molecule has 0 aliphatic heterocycles. The maximum Gasteiger partial charge on any atom is 0.271 e. The highest BCUT2D eigenvalue weighted by Gasteiger charge is 2.13. The summed E-state index contributed by atoms with van der Waals surface area (Å²) in [4.78, 5) is 28.5. The van der Waals surface area contributed by atoms with Crippen LogP contribution in [0, 0.1) is 0 Å². The number of amides is 2. The van der Waals surface area contributed by atoms with E-state index < -0.39 is 0 Å². The van der Waals surface area contributed by atoms with Gasteiger partial charge in [0.1, 0.15) is 11.4 Å². The Balaban J connectivity index is 1.56. The number of thiazole rings is 1. The summed E-state index contributed by atoms with van der Waals surface area (Å²) in [6, 6.07) is 16.3. The van der Waals surface area contributed by atoms with Gasteiger partial charge in [0.25, 0.3) is 11.8 Å². The minimum Gasteiger partial charge on any atom is -0.497 e. The summed E-state index contributed by atoms with van der Waals surface area (Å²) in [5.41, 5.74) is 1.76. The zero-order chi connectivity index (χ0) is 18.4. The molecule has 0 unspecified atom stereocenters. The van der Waals surface area contributed by atoms with E-state index in [1.165, 1.54) is 11.3 Å². The Hall–Kier alpha value is -3.19. The third kappa shape index (κ3) is 4.46. The average Bonchev–Trinajstić information content (AvgIpc) is 3.15. The van der Waals surface area contributed by atoms with E-state index in [2.05, 4.69) is 15.6 Å². The van der Waals surface area contributed by atoms with Crippen molar-refractivity contribution in [1.82, 2.24) is 10.3 Å². The lowest BCUT2D eigenvalue weighted by Crippen LogP contribution is -2.23. The first-order valence-electron chi connectivity index (χ1n) is 7.89. The molecular formula is C19H17N3O3S. The number of ether oxygens (including phenoxy) is 1. The number of nitrogens with one attached hydrogen (secondary N) is 2. The molecule has 0 saturated heterocycles. The van der Waals surface area contributed by atoms with Crippen molar-refractivity contribution in [3.63, 3.8) is 0 Å². The number of methoxy groups -OCH3 is 1. The average molecular weight is 367 g/mol. The van der Waals surface area contributed by atoms with Crippen LogP contribution in [0.4, 0.5) is 5.13 Å². The van der Waals surface area contributed by atoms with Gasteiger partial charge >= 0.3 is 0 Å². The van der Waals surface area contributed by atoms with E-state index in [1.807, 2.05) is 30.3 Å². The molecule has 0 aliphatic rings. The molecule has 2 aromatic carbocycles. The van der Waals surface area contributed by atoms with Crippen LogP contribution in [0.1, 0.15) is 26.4 Å². The number of carbonyl (C=O) groups excluding carboxylic acids is 2. The van der Waals surface area contributed by atoms with Crippen LogP contribution in [0.5, 0.6) is 5.75 Å². The number of carbonyl (C=O) groups is 2. The largest absolute Gasteiger partial charge is 0.497 e. The van der Waals surface area contributed by atoms with Gasteiger partial charge < -0.3 is 10.1 Å². The predicted molar refractivity (Wildman–Crippen MR) is 101 cm³/mol. The van der Waals surface area contributed by atoms with Crippen LogP contribution in [0.15, 0.2) is 60.0 Å². The number of anilines is 1. The van der Waals surface area contributed by atoms with E-state index in [1.54, 1.807) is 36.8 Å². The fraction of sp³-hybridized carbons (Fsp3) is 0.105. The zero-order valence-electron chi connectivity index (χ0n) is 14.1. The van der Waals surface area contributed by atoms with Gasteiger partial charge in [-0.1, -0.05) is 30.3 Å². The van der Waals surface area contributed by atoms with Gasteiger partial charge in [0.2, 0.25) is 0 Å². The summed E-state index contributed by atoms with van der Waals surface area (Å²) in [5.74, 6) is 0.209. The van der Waals surface area contributed by atoms with Gasteiger partial charge in [-0.15, -0.1) is 11.3 Å². The second-order valence-electron chi connectivity index (χ2n) is 5.39. The molecule has 26 heavy (non-hydrogen) atoms. The van der Waals surface area contributed by atoms with Gasteiger partial charge in [0, 0.05) is 17.5 Å². The zero-order valence-corrected chi connectivity index (χ0v) is 14.9. The molecule has 1 aromatic heterocycles. The Morgan fingerprint density at radius 3 is 2.46 bits per heavy atom. The van der Waals surface area contributed by atoms with Crippen LogP contribution in [-0.4, -0.2) is 23.9 Å². The molecule has 1 heterocycles. The molecule has 0 spiro atoms. The predicted octanol–water partition coefficient (Wildman–Crippen LogP) is 3.33. The van der Waals surface area contributed by atoms with Crippen LogP contribution < -0.4 is 15.4 Å². The molecular weight excluding hydrogens is 350 g/mol. The number of hydrogen-bond donors (Lipinski definition) is 2. The van der Waals surface area contributed by atoms with E-state index in [0.717, 1.165) is 11.3 Å². The quantitative estimate of drug-likeness (QED) is 0.700. The van der Waals surface area contributed by atoms with Crippen LogP contribution in [0.2, 0.25) is 0 Å². The third-order valence-electron chi connectivity index (χ3n) is 3.61. The first-order chi connectivity index (χ1) is 12.7. The Labute approximate surface area is 154 Å². The lowest BCUT2D eigenvalue weighted by atomic mass is 10.2. The summed E-state index contributed by atoms with van der Waals surface area (Å²) in [7, 11) is 1.60. The molecule has 3 rings (SSSR count). The van der Waals surface area contributed by atoms with Crippen molar-refractivity contribution in [2.75, 3.05) is 12.4 Å². The first-order valence-corrected chi connectivity index (χ1v) is 8.77. The maximum atomic E-state index is 12.2. The smallest absolute Gasteiger partial charge is 0.271 e.